The molecule has 0 amide bonds. The highest BCUT2D eigenvalue weighted by atomic mass is 32.2. The van der Waals surface area contributed by atoms with Gasteiger partial charge in [0.05, 0.1) is 43.4 Å². The lowest BCUT2D eigenvalue weighted by Crippen LogP contribution is -2.46. The summed E-state index contributed by atoms with van der Waals surface area (Å²) in [5.74, 6) is -3.21. The number of esters is 2. The molecule has 0 bridgehead atoms. The molecular formula is C22H16N6O9S2. The molecule has 0 aliphatic carbocycles. The Morgan fingerprint density at radius 2 is 1.72 bits per heavy atom. The predicted molar refractivity (Wildman–Crippen MR) is 138 cm³/mol. The molecule has 3 N–H and O–H groups in total. The molecule has 39 heavy (non-hydrogen) atoms. The van der Waals surface area contributed by atoms with Gasteiger partial charge in [-0.05, 0) is 30.8 Å². The number of benzene rings is 2. The molecule has 0 saturated heterocycles. The van der Waals surface area contributed by atoms with Gasteiger partial charge in [0.2, 0.25) is 5.76 Å². The van der Waals surface area contributed by atoms with E-state index in [4.69, 9.17) is 9.47 Å². The van der Waals surface area contributed by atoms with Crippen molar-refractivity contribution in [2.75, 3.05) is 6.61 Å². The van der Waals surface area contributed by atoms with Crippen LogP contribution in [0.2, 0.25) is 0 Å². The van der Waals surface area contributed by atoms with Crippen molar-refractivity contribution in [3.8, 4) is 0 Å². The number of nitro groups is 2. The Hall–Kier alpha value is -4.64. The van der Waals surface area contributed by atoms with E-state index in [9.17, 15) is 34.9 Å². The Morgan fingerprint density at radius 1 is 1.13 bits per heavy atom. The average Bonchev–Trinajstić information content (AvgIpc) is 3.58. The van der Waals surface area contributed by atoms with E-state index in [0.29, 0.717) is 22.8 Å². The van der Waals surface area contributed by atoms with Crippen LogP contribution in [-0.2, 0) is 19.1 Å². The smallest absolute Gasteiger partial charge is 0.375 e. The number of thioether (sulfide) groups is 1. The number of H-pyrrole nitrogens is 2. The lowest BCUT2D eigenvalue weighted by molar-refractivity contribution is -0.384. The maximum atomic E-state index is 13.4. The summed E-state index contributed by atoms with van der Waals surface area (Å²) in [4.78, 5) is 61.2. The van der Waals surface area contributed by atoms with Crippen LogP contribution in [0.1, 0.15) is 18.0 Å². The van der Waals surface area contributed by atoms with Gasteiger partial charge in [-0.3, -0.25) is 20.2 Å². The third kappa shape index (κ3) is 4.30. The van der Waals surface area contributed by atoms with Crippen LogP contribution in [0, 0.1) is 20.2 Å². The number of cyclic esters (lactones) is 1. The Labute approximate surface area is 226 Å². The average molecular weight is 573 g/mol. The number of nitrogens with zero attached hydrogens (tertiary/aromatic N) is 4. The number of ether oxygens (including phenoxy) is 2. The molecule has 1 aliphatic rings. The minimum absolute atomic E-state index is 0.0114. The van der Waals surface area contributed by atoms with Crippen molar-refractivity contribution >= 4 is 69.8 Å². The van der Waals surface area contributed by atoms with Gasteiger partial charge in [-0.2, -0.15) is 12.6 Å². The largest absolute Gasteiger partial charge is 0.501 e. The molecule has 3 heterocycles. The zero-order valence-electron chi connectivity index (χ0n) is 19.6. The first-order chi connectivity index (χ1) is 18.5. The Morgan fingerprint density at radius 3 is 2.31 bits per heavy atom. The SMILES string of the molecule is CCOC(=O)C1(C(S)c2nc3cc([N+](=O)[O-])ccc3[nH]2)OC(=O)C(O)=C1Sc1nc2cc([N+](=O)[O-])ccc2[nH]1. The predicted octanol–water partition coefficient (Wildman–Crippen LogP) is 3.65. The van der Waals surface area contributed by atoms with E-state index >= 15 is 0 Å². The molecule has 4 aromatic rings. The van der Waals surface area contributed by atoms with E-state index in [-0.39, 0.29) is 44.9 Å². The molecule has 2 unspecified atom stereocenters. The van der Waals surface area contributed by atoms with Crippen LogP contribution in [0.25, 0.3) is 22.1 Å². The first kappa shape index (κ1) is 26.0. The number of carbonyl (C=O) groups excluding carboxylic acids is 2. The monoisotopic (exact) mass is 572 g/mol. The maximum absolute atomic E-state index is 13.4. The van der Waals surface area contributed by atoms with Crippen LogP contribution in [0.5, 0.6) is 0 Å². The third-order valence-corrected chi connectivity index (χ3v) is 7.47. The van der Waals surface area contributed by atoms with Gasteiger partial charge >= 0.3 is 11.9 Å². The fraction of sp³-hybridized carbons (Fsp3) is 0.182. The molecule has 2 atom stereocenters. The molecule has 5 rings (SSSR count). The minimum atomic E-state index is -2.34. The minimum Gasteiger partial charge on any atom is -0.501 e. The molecule has 15 nitrogen and oxygen atoms in total. The number of hydrogen-bond acceptors (Lipinski definition) is 13. The van der Waals surface area contributed by atoms with E-state index in [1.54, 1.807) is 0 Å². The number of thiol groups is 1. The highest BCUT2D eigenvalue weighted by Crippen LogP contribution is 2.51. The summed E-state index contributed by atoms with van der Waals surface area (Å²) in [5.41, 5.74) is -1.56. The maximum Gasteiger partial charge on any atom is 0.375 e. The lowest BCUT2D eigenvalue weighted by atomic mass is 9.98. The van der Waals surface area contributed by atoms with Crippen molar-refractivity contribution in [1.29, 1.82) is 0 Å². The molecule has 1 aliphatic heterocycles. The summed E-state index contributed by atoms with van der Waals surface area (Å²) in [6.45, 7) is 1.41. The quantitative estimate of drug-likeness (QED) is 0.103. The number of non-ortho nitro benzene ring substituents is 2. The van der Waals surface area contributed by atoms with Crippen LogP contribution in [0.4, 0.5) is 11.4 Å². The Balaban J connectivity index is 1.60. The lowest BCUT2D eigenvalue weighted by Gasteiger charge is -2.31. The molecule has 200 valence electrons. The van der Waals surface area contributed by atoms with Gasteiger partial charge in [0.25, 0.3) is 17.0 Å². The number of carbonyl (C=O) groups is 2. The third-order valence-electron chi connectivity index (χ3n) is 5.77. The number of nitrogens with one attached hydrogen (secondary N) is 2. The zero-order chi connectivity index (χ0) is 28.1. The molecular weight excluding hydrogens is 556 g/mol. The number of imidazole rings is 2. The van der Waals surface area contributed by atoms with E-state index in [1.165, 1.54) is 43.3 Å². The second-order valence-corrected chi connectivity index (χ2v) is 9.62. The van der Waals surface area contributed by atoms with Gasteiger partial charge < -0.3 is 24.5 Å². The van der Waals surface area contributed by atoms with Gasteiger partial charge in [0.1, 0.15) is 11.1 Å². The number of fused-ring (bicyclic) bond motifs is 2. The molecule has 0 radical (unpaired) electrons. The van der Waals surface area contributed by atoms with Crippen molar-refractivity contribution in [2.24, 2.45) is 0 Å². The molecule has 0 spiro atoms. The second kappa shape index (κ2) is 9.59. The fourth-order valence-corrected chi connectivity index (χ4v) is 5.55. The molecule has 17 heteroatoms. The summed E-state index contributed by atoms with van der Waals surface area (Å²) >= 11 is 5.20. The van der Waals surface area contributed by atoms with Crippen molar-refractivity contribution in [3.63, 3.8) is 0 Å². The Bertz CT molecular complexity index is 1730. The topological polar surface area (TPSA) is 216 Å². The highest BCUT2D eigenvalue weighted by Gasteiger charge is 2.61. The molecule has 0 saturated carbocycles. The van der Waals surface area contributed by atoms with Crippen molar-refractivity contribution in [3.05, 3.63) is 73.1 Å². The van der Waals surface area contributed by atoms with E-state index in [2.05, 4.69) is 32.6 Å². The second-order valence-electron chi connectivity index (χ2n) is 8.11. The zero-order valence-corrected chi connectivity index (χ0v) is 21.3. The number of nitro benzene ring substituents is 2. The number of hydrogen-bond donors (Lipinski definition) is 4. The van der Waals surface area contributed by atoms with E-state index < -0.39 is 38.4 Å². The van der Waals surface area contributed by atoms with Gasteiger partial charge in [-0.25, -0.2) is 19.6 Å². The van der Waals surface area contributed by atoms with Gasteiger partial charge in [0.15, 0.2) is 5.16 Å². The summed E-state index contributed by atoms with van der Waals surface area (Å²) < 4.78 is 10.6. The normalized spacial score (nSPS) is 17.9. The number of aromatic nitrogens is 4. The van der Waals surface area contributed by atoms with Crippen LogP contribution >= 0.6 is 24.4 Å². The molecule has 0 fully saturated rings. The fourth-order valence-electron chi connectivity index (χ4n) is 3.98. The summed E-state index contributed by atoms with van der Waals surface area (Å²) in [6, 6.07) is 7.82. The van der Waals surface area contributed by atoms with Gasteiger partial charge in [-0.15, -0.1) is 0 Å². The van der Waals surface area contributed by atoms with Crippen LogP contribution in [0.3, 0.4) is 0 Å². The number of aliphatic hydroxyl groups is 1. The number of aliphatic hydroxyl groups excluding tert-OH is 1. The summed E-state index contributed by atoms with van der Waals surface area (Å²) in [5, 5.41) is 31.7. The van der Waals surface area contributed by atoms with Crippen molar-refractivity contribution in [2.45, 2.75) is 22.9 Å². The van der Waals surface area contributed by atoms with Crippen LogP contribution in [-0.4, -0.2) is 59.0 Å². The van der Waals surface area contributed by atoms with Crippen LogP contribution in [0.15, 0.2) is 52.2 Å². The highest BCUT2D eigenvalue weighted by molar-refractivity contribution is 8.03. The molecule has 2 aromatic carbocycles. The van der Waals surface area contributed by atoms with Gasteiger partial charge in [0, 0.05) is 24.3 Å². The molecule has 2 aromatic heterocycles. The first-order valence-electron chi connectivity index (χ1n) is 11.0. The van der Waals surface area contributed by atoms with Crippen molar-refractivity contribution in [1.82, 2.24) is 19.9 Å². The standard InChI is InChI=1S/C22H16N6O9S2/c1-2-36-20(31)22(16(38)18-23-11-5-3-9(27(32)33)7-13(11)24-18)17(15(29)19(30)37-22)39-21-25-12-6-4-10(28(34)35)8-14(12)26-21/h3-8,16,29,38H,2H2,1H3,(H,23,24)(H,25,26). The van der Waals surface area contributed by atoms with Crippen LogP contribution < -0.4 is 0 Å². The van der Waals surface area contributed by atoms with E-state index in [1.807, 2.05) is 0 Å². The van der Waals surface area contributed by atoms with Crippen molar-refractivity contribution < 1.29 is 34.0 Å². The van der Waals surface area contributed by atoms with E-state index in [0.717, 1.165) is 0 Å². The number of rotatable bonds is 8. The Kier molecular flexibility index (Phi) is 6.39. The number of aromatic amines is 2. The van der Waals surface area contributed by atoms with Gasteiger partial charge in [-0.1, -0.05) is 0 Å². The summed E-state index contributed by atoms with van der Waals surface area (Å²) in [6.07, 6.45) is 0. The summed E-state index contributed by atoms with van der Waals surface area (Å²) in [7, 11) is 0. The first-order valence-corrected chi connectivity index (χ1v) is 12.4.